The number of aldehydes is 1. The van der Waals surface area contributed by atoms with Gasteiger partial charge >= 0.3 is 0 Å². The van der Waals surface area contributed by atoms with Crippen molar-refractivity contribution in [1.29, 1.82) is 0 Å². The summed E-state index contributed by atoms with van der Waals surface area (Å²) in [6.45, 7) is 5.90. The second-order valence-electron chi connectivity index (χ2n) is 10.5. The van der Waals surface area contributed by atoms with Gasteiger partial charge in [-0.2, -0.15) is 4.57 Å². The molecule has 0 N–H and O–H groups in total. The molecule has 0 bridgehead atoms. The van der Waals surface area contributed by atoms with Crippen LogP contribution in [0.5, 0.6) is 0 Å². The Balaban J connectivity index is 1.35. The van der Waals surface area contributed by atoms with Crippen molar-refractivity contribution in [3.8, 4) is 17.1 Å². The van der Waals surface area contributed by atoms with E-state index in [-0.39, 0.29) is 0 Å². The highest BCUT2D eigenvalue weighted by molar-refractivity contribution is 5.88. The van der Waals surface area contributed by atoms with Crippen LogP contribution in [0, 0.1) is 0 Å². The number of aryl methyl sites for hydroxylation is 1. The summed E-state index contributed by atoms with van der Waals surface area (Å²) in [6, 6.07) is 30.5. The van der Waals surface area contributed by atoms with Crippen LogP contribution in [0.4, 0.5) is 11.4 Å². The number of aromatic nitrogens is 3. The second kappa shape index (κ2) is 10.8. The Morgan fingerprint density at radius 3 is 2.49 bits per heavy atom. The number of fused-ring (bicyclic) bond motifs is 3. The van der Waals surface area contributed by atoms with Crippen LogP contribution in [0.2, 0.25) is 0 Å². The van der Waals surface area contributed by atoms with Gasteiger partial charge in [-0.05, 0) is 74.5 Å². The van der Waals surface area contributed by atoms with E-state index in [1.165, 1.54) is 0 Å². The zero-order valence-corrected chi connectivity index (χ0v) is 24.4. The largest absolute Gasteiger partial charge is 0.436 e. The van der Waals surface area contributed by atoms with Crippen molar-refractivity contribution in [3.05, 3.63) is 120 Å². The van der Waals surface area contributed by atoms with E-state index < -0.39 is 0 Å². The van der Waals surface area contributed by atoms with Crippen molar-refractivity contribution in [2.45, 2.75) is 20.4 Å². The van der Waals surface area contributed by atoms with Crippen LogP contribution >= 0.6 is 0 Å². The van der Waals surface area contributed by atoms with Crippen molar-refractivity contribution < 1.29 is 13.8 Å². The van der Waals surface area contributed by atoms with Crippen LogP contribution < -0.4 is 14.4 Å². The van der Waals surface area contributed by atoms with Crippen molar-refractivity contribution in [2.24, 2.45) is 0 Å². The molecule has 2 aromatic heterocycles. The summed E-state index contributed by atoms with van der Waals surface area (Å²) in [6.07, 6.45) is 7.32. The maximum Gasteiger partial charge on any atom is 0.287 e. The number of nitrogens with zero attached hydrogens (tertiary/aromatic N) is 5. The SMILES string of the molecule is CCN1/C(=C/C=C/c2n(-c3ccccc3)c3ccc(-c4nc5ccccc5o4)cc3[n+]2CC)N(C)c2cc(C=O)ccc21. The van der Waals surface area contributed by atoms with Gasteiger partial charge in [-0.3, -0.25) is 4.79 Å². The minimum atomic E-state index is 0.612. The standard InChI is InChI=1S/C36H32N5O2/c1-4-39-29-20-18-25(24-42)22-31(29)38(3)34(39)16-11-17-35-40(5-2)32-23-26(36-37-28-14-9-10-15-33(28)43-36)19-21-30(32)41(35)27-12-7-6-8-13-27/h6-24H,4-5H2,1-3H3/q+1. The Kier molecular flexibility index (Phi) is 6.62. The Bertz CT molecular complexity index is 2020. The van der Waals surface area contributed by atoms with Crippen LogP contribution in [0.15, 0.2) is 113 Å². The molecule has 1 aliphatic heterocycles. The lowest BCUT2D eigenvalue weighted by Crippen LogP contribution is -2.35. The first kappa shape index (κ1) is 26.5. The molecule has 4 aromatic carbocycles. The number of oxazole rings is 1. The minimum Gasteiger partial charge on any atom is -0.436 e. The molecule has 6 aromatic rings. The molecule has 0 aliphatic carbocycles. The first-order chi connectivity index (χ1) is 21.1. The normalized spacial score (nSPS) is 14.1. The van der Waals surface area contributed by atoms with E-state index in [0.29, 0.717) is 11.5 Å². The van der Waals surface area contributed by atoms with E-state index in [9.17, 15) is 4.79 Å². The number of anilines is 2. The van der Waals surface area contributed by atoms with Gasteiger partial charge in [-0.25, -0.2) is 9.55 Å². The third-order valence-electron chi connectivity index (χ3n) is 8.10. The molecule has 0 saturated carbocycles. The second-order valence-corrected chi connectivity index (χ2v) is 10.5. The number of hydrogen-bond acceptors (Lipinski definition) is 5. The van der Waals surface area contributed by atoms with Gasteiger partial charge in [-0.15, -0.1) is 0 Å². The van der Waals surface area contributed by atoms with Crippen LogP contribution in [-0.4, -0.2) is 29.4 Å². The van der Waals surface area contributed by atoms with Crippen molar-refractivity contribution in [3.63, 3.8) is 0 Å². The van der Waals surface area contributed by atoms with Gasteiger partial charge in [0.15, 0.2) is 16.6 Å². The van der Waals surface area contributed by atoms with Gasteiger partial charge in [0, 0.05) is 36.9 Å². The Labute approximate surface area is 250 Å². The monoisotopic (exact) mass is 566 g/mol. The Morgan fingerprint density at radius 2 is 1.72 bits per heavy atom. The summed E-state index contributed by atoms with van der Waals surface area (Å²) in [4.78, 5) is 20.6. The maximum atomic E-state index is 11.4. The van der Waals surface area contributed by atoms with Crippen molar-refractivity contribution in [2.75, 3.05) is 23.4 Å². The van der Waals surface area contributed by atoms with Crippen molar-refractivity contribution in [1.82, 2.24) is 9.55 Å². The number of hydrogen-bond donors (Lipinski definition) is 0. The van der Waals surface area contributed by atoms with Gasteiger partial charge < -0.3 is 14.2 Å². The molecule has 0 radical (unpaired) electrons. The van der Waals surface area contributed by atoms with Crippen LogP contribution in [0.25, 0.3) is 45.4 Å². The van der Waals surface area contributed by atoms with Gasteiger partial charge in [0.2, 0.25) is 5.89 Å². The summed E-state index contributed by atoms with van der Waals surface area (Å²) < 4.78 is 10.7. The molecule has 0 atom stereocenters. The number of benzene rings is 4. The molecule has 0 saturated heterocycles. The van der Waals surface area contributed by atoms with E-state index in [4.69, 9.17) is 9.40 Å². The highest BCUT2D eigenvalue weighted by atomic mass is 16.3. The fourth-order valence-electron chi connectivity index (χ4n) is 6.06. The molecule has 0 unspecified atom stereocenters. The number of allylic oxidation sites excluding steroid dienone is 2. The molecule has 43 heavy (non-hydrogen) atoms. The molecular weight excluding hydrogens is 534 g/mol. The Morgan fingerprint density at radius 1 is 0.907 bits per heavy atom. The number of carbonyl (C=O) groups is 1. The highest BCUT2D eigenvalue weighted by Gasteiger charge is 2.28. The molecule has 0 fully saturated rings. The van der Waals surface area contributed by atoms with Crippen LogP contribution in [0.1, 0.15) is 30.0 Å². The molecular formula is C36H32N5O2+. The molecule has 7 heteroatoms. The van der Waals surface area contributed by atoms with Crippen LogP contribution in [0.3, 0.4) is 0 Å². The minimum absolute atomic E-state index is 0.612. The van der Waals surface area contributed by atoms with Crippen LogP contribution in [-0.2, 0) is 6.54 Å². The molecule has 0 spiro atoms. The average molecular weight is 567 g/mol. The van der Waals surface area contributed by atoms with E-state index in [0.717, 1.165) is 75.8 Å². The van der Waals surface area contributed by atoms with Gasteiger partial charge in [0.25, 0.3) is 5.82 Å². The molecule has 3 heterocycles. The predicted octanol–water partition coefficient (Wildman–Crippen LogP) is 7.39. The summed E-state index contributed by atoms with van der Waals surface area (Å²) in [5.74, 6) is 2.72. The molecule has 7 nitrogen and oxygen atoms in total. The van der Waals surface area contributed by atoms with Gasteiger partial charge in [-0.1, -0.05) is 36.4 Å². The molecule has 212 valence electrons. The first-order valence-electron chi connectivity index (χ1n) is 14.6. The lowest BCUT2D eigenvalue weighted by molar-refractivity contribution is -0.670. The fourth-order valence-corrected chi connectivity index (χ4v) is 6.06. The lowest BCUT2D eigenvalue weighted by atomic mass is 10.2. The average Bonchev–Trinajstić information content (AvgIpc) is 3.70. The maximum absolute atomic E-state index is 11.4. The Hall–Kier alpha value is -5.43. The smallest absolute Gasteiger partial charge is 0.287 e. The van der Waals surface area contributed by atoms with E-state index in [1.807, 2.05) is 55.6 Å². The van der Waals surface area contributed by atoms with E-state index in [1.54, 1.807) is 0 Å². The zero-order chi connectivity index (χ0) is 29.5. The lowest BCUT2D eigenvalue weighted by Gasteiger charge is -2.20. The fraction of sp³-hybridized carbons (Fsp3) is 0.139. The zero-order valence-electron chi connectivity index (χ0n) is 24.4. The van der Waals surface area contributed by atoms with Gasteiger partial charge in [0.1, 0.15) is 23.3 Å². The van der Waals surface area contributed by atoms with E-state index in [2.05, 4.69) is 93.5 Å². The summed E-state index contributed by atoms with van der Waals surface area (Å²) >= 11 is 0. The third-order valence-corrected chi connectivity index (χ3v) is 8.10. The summed E-state index contributed by atoms with van der Waals surface area (Å²) in [7, 11) is 2.05. The topological polar surface area (TPSA) is 58.4 Å². The first-order valence-corrected chi connectivity index (χ1v) is 14.6. The summed E-state index contributed by atoms with van der Waals surface area (Å²) in [5.41, 5.74) is 8.65. The molecule has 7 rings (SSSR count). The number of rotatable bonds is 7. The van der Waals surface area contributed by atoms with Crippen molar-refractivity contribution >= 4 is 45.9 Å². The number of carbonyl (C=O) groups excluding carboxylic acids is 1. The molecule has 1 aliphatic rings. The molecule has 0 amide bonds. The number of para-hydroxylation sites is 3. The highest BCUT2D eigenvalue weighted by Crippen LogP contribution is 2.41. The van der Waals surface area contributed by atoms with Gasteiger partial charge in [0.05, 0.1) is 17.9 Å². The quantitative estimate of drug-likeness (QED) is 0.149. The van der Waals surface area contributed by atoms with E-state index >= 15 is 0 Å². The predicted molar refractivity (Wildman–Crippen MR) is 173 cm³/mol. The summed E-state index contributed by atoms with van der Waals surface area (Å²) in [5, 5.41) is 0. The third kappa shape index (κ3) is 4.41. The number of imidazole rings is 1.